The second kappa shape index (κ2) is 9.22. The van der Waals surface area contributed by atoms with Gasteiger partial charge < -0.3 is 20.9 Å². The molecule has 150 valence electrons. The van der Waals surface area contributed by atoms with Gasteiger partial charge in [-0.1, -0.05) is 55.3 Å². The highest BCUT2D eigenvalue weighted by molar-refractivity contribution is 5.80. The van der Waals surface area contributed by atoms with Crippen LogP contribution in [-0.4, -0.2) is 23.1 Å². The fraction of sp³-hybridized carbons (Fsp3) is 0.435. The van der Waals surface area contributed by atoms with E-state index >= 15 is 0 Å². The number of hydrogen-bond acceptors (Lipinski definition) is 4. The van der Waals surface area contributed by atoms with E-state index in [4.69, 9.17) is 10.5 Å². The van der Waals surface area contributed by atoms with Crippen molar-refractivity contribution in [3.8, 4) is 5.75 Å². The lowest BCUT2D eigenvalue weighted by molar-refractivity contribution is -0.128. The molecular weight excluding hydrogens is 352 g/mol. The molecule has 1 fully saturated rings. The fourth-order valence-corrected chi connectivity index (χ4v) is 3.78. The average Bonchev–Trinajstić information content (AvgIpc) is 2.71. The van der Waals surface area contributed by atoms with E-state index in [-0.39, 0.29) is 18.4 Å². The van der Waals surface area contributed by atoms with Crippen LogP contribution in [0.5, 0.6) is 5.75 Å². The summed E-state index contributed by atoms with van der Waals surface area (Å²) in [6.45, 7) is 2.57. The predicted molar refractivity (Wildman–Crippen MR) is 110 cm³/mol. The van der Waals surface area contributed by atoms with Gasteiger partial charge in [0.2, 0.25) is 5.91 Å². The minimum absolute atomic E-state index is 0.0692. The predicted octanol–water partition coefficient (Wildman–Crippen LogP) is 3.32. The summed E-state index contributed by atoms with van der Waals surface area (Å²) in [7, 11) is 0. The number of aliphatic hydroxyl groups is 1. The molecule has 3 unspecified atom stereocenters. The lowest BCUT2D eigenvalue weighted by Gasteiger charge is -2.37. The number of rotatable bonds is 7. The molecular formula is C23H30N2O3. The van der Waals surface area contributed by atoms with Crippen molar-refractivity contribution < 1.29 is 14.6 Å². The van der Waals surface area contributed by atoms with Gasteiger partial charge in [-0.3, -0.25) is 4.79 Å². The van der Waals surface area contributed by atoms with Gasteiger partial charge in [-0.2, -0.15) is 0 Å². The lowest BCUT2D eigenvalue weighted by atomic mass is 9.74. The van der Waals surface area contributed by atoms with Gasteiger partial charge in [0, 0.05) is 12.1 Å². The van der Waals surface area contributed by atoms with Crippen molar-refractivity contribution >= 4 is 5.91 Å². The molecule has 1 aliphatic rings. The smallest absolute Gasteiger partial charge is 0.225 e. The average molecular weight is 383 g/mol. The van der Waals surface area contributed by atoms with Crippen molar-refractivity contribution in [2.24, 2.45) is 11.7 Å². The first kappa shape index (κ1) is 20.4. The zero-order valence-electron chi connectivity index (χ0n) is 16.4. The normalized spacial score (nSPS) is 23.0. The minimum Gasteiger partial charge on any atom is -0.489 e. The van der Waals surface area contributed by atoms with Crippen LogP contribution >= 0.6 is 0 Å². The van der Waals surface area contributed by atoms with E-state index in [2.05, 4.69) is 5.32 Å². The summed E-state index contributed by atoms with van der Waals surface area (Å²) in [6.07, 6.45) is 2.95. The van der Waals surface area contributed by atoms with Gasteiger partial charge >= 0.3 is 0 Å². The molecule has 1 saturated carbocycles. The summed E-state index contributed by atoms with van der Waals surface area (Å²) < 4.78 is 5.82. The highest BCUT2D eigenvalue weighted by Crippen LogP contribution is 2.31. The second-order valence-corrected chi connectivity index (χ2v) is 7.91. The summed E-state index contributed by atoms with van der Waals surface area (Å²) in [6, 6.07) is 17.3. The van der Waals surface area contributed by atoms with Gasteiger partial charge in [0.05, 0.1) is 12.0 Å². The number of carbonyl (C=O) groups excluding carboxylic acids is 1. The van der Waals surface area contributed by atoms with Gasteiger partial charge in [0.1, 0.15) is 12.4 Å². The van der Waals surface area contributed by atoms with E-state index in [0.29, 0.717) is 17.9 Å². The van der Waals surface area contributed by atoms with Crippen molar-refractivity contribution in [1.29, 1.82) is 0 Å². The number of nitrogens with one attached hydrogen (secondary N) is 1. The molecule has 28 heavy (non-hydrogen) atoms. The Balaban J connectivity index is 1.54. The third-order valence-corrected chi connectivity index (χ3v) is 5.53. The number of ether oxygens (including phenoxy) is 1. The quantitative estimate of drug-likeness (QED) is 0.686. The second-order valence-electron chi connectivity index (χ2n) is 7.91. The van der Waals surface area contributed by atoms with Gasteiger partial charge in [0.25, 0.3) is 0 Å². The topological polar surface area (TPSA) is 84.6 Å². The maximum absolute atomic E-state index is 12.5. The maximum atomic E-state index is 12.5. The van der Waals surface area contributed by atoms with E-state index < -0.39 is 11.6 Å². The molecule has 0 bridgehead atoms. The molecule has 2 aromatic carbocycles. The number of benzene rings is 2. The van der Waals surface area contributed by atoms with Crippen LogP contribution in [0.1, 0.15) is 49.8 Å². The number of carbonyl (C=O) groups is 1. The Morgan fingerprint density at radius 1 is 1.25 bits per heavy atom. The zero-order chi connectivity index (χ0) is 20.0. The first-order valence-electron chi connectivity index (χ1n) is 9.97. The van der Waals surface area contributed by atoms with E-state index in [9.17, 15) is 9.90 Å². The van der Waals surface area contributed by atoms with Crippen LogP contribution in [0, 0.1) is 5.92 Å². The molecule has 0 aromatic heterocycles. The molecule has 0 aliphatic heterocycles. The van der Waals surface area contributed by atoms with Crippen LogP contribution in [0.3, 0.4) is 0 Å². The molecule has 0 saturated heterocycles. The number of hydrogen-bond donors (Lipinski definition) is 3. The largest absolute Gasteiger partial charge is 0.489 e. The number of aliphatic hydroxyl groups excluding tert-OH is 1. The van der Waals surface area contributed by atoms with Crippen molar-refractivity contribution in [1.82, 2.24) is 5.32 Å². The van der Waals surface area contributed by atoms with Crippen molar-refractivity contribution in [2.45, 2.75) is 50.9 Å². The van der Waals surface area contributed by atoms with Crippen LogP contribution in [0.4, 0.5) is 0 Å². The number of nitrogens with two attached hydrogens (primary N) is 1. The Labute approximate surface area is 166 Å². The molecule has 2 aromatic rings. The van der Waals surface area contributed by atoms with Crippen LogP contribution in [0.25, 0.3) is 0 Å². The van der Waals surface area contributed by atoms with Gasteiger partial charge in [-0.05, 0) is 43.0 Å². The van der Waals surface area contributed by atoms with Gasteiger partial charge in [-0.15, -0.1) is 0 Å². The Bertz CT molecular complexity index is 776. The Morgan fingerprint density at radius 2 is 2.04 bits per heavy atom. The van der Waals surface area contributed by atoms with Crippen LogP contribution in [0.2, 0.25) is 0 Å². The molecule has 5 heteroatoms. The summed E-state index contributed by atoms with van der Waals surface area (Å²) in [5.41, 5.74) is 7.62. The SMILES string of the molecule is CC1(N)CCCCC1C(=O)NCC(O)c1cccc(OCc2ccccc2)c1. The summed E-state index contributed by atoms with van der Waals surface area (Å²) >= 11 is 0. The summed E-state index contributed by atoms with van der Waals surface area (Å²) in [4.78, 5) is 12.5. The molecule has 1 amide bonds. The van der Waals surface area contributed by atoms with E-state index in [1.54, 1.807) is 0 Å². The highest BCUT2D eigenvalue weighted by atomic mass is 16.5. The molecule has 3 atom stereocenters. The Morgan fingerprint density at radius 3 is 2.79 bits per heavy atom. The van der Waals surface area contributed by atoms with E-state index in [1.807, 2.05) is 61.5 Å². The van der Waals surface area contributed by atoms with Crippen molar-refractivity contribution in [3.63, 3.8) is 0 Å². The molecule has 0 heterocycles. The van der Waals surface area contributed by atoms with Crippen molar-refractivity contribution in [2.75, 3.05) is 6.54 Å². The third-order valence-electron chi connectivity index (χ3n) is 5.53. The molecule has 0 spiro atoms. The molecule has 0 radical (unpaired) electrons. The standard InChI is InChI=1S/C23H30N2O3/c1-23(24)13-6-5-12-20(23)22(27)25-15-21(26)18-10-7-11-19(14-18)28-16-17-8-3-2-4-9-17/h2-4,7-11,14,20-21,26H,5-6,12-13,15-16,24H2,1H3,(H,25,27). The van der Waals surface area contributed by atoms with Gasteiger partial charge in [0.15, 0.2) is 0 Å². The van der Waals surface area contributed by atoms with E-state index in [1.165, 1.54) is 0 Å². The minimum atomic E-state index is -0.795. The van der Waals surface area contributed by atoms with Crippen molar-refractivity contribution in [3.05, 3.63) is 65.7 Å². The highest BCUT2D eigenvalue weighted by Gasteiger charge is 2.37. The molecule has 1 aliphatic carbocycles. The maximum Gasteiger partial charge on any atom is 0.225 e. The Hall–Kier alpha value is -2.37. The summed E-state index contributed by atoms with van der Waals surface area (Å²) in [5, 5.41) is 13.4. The van der Waals surface area contributed by atoms with E-state index in [0.717, 1.165) is 31.2 Å². The lowest BCUT2D eigenvalue weighted by Crippen LogP contribution is -2.53. The first-order chi connectivity index (χ1) is 13.5. The number of amides is 1. The molecule has 5 nitrogen and oxygen atoms in total. The fourth-order valence-electron chi connectivity index (χ4n) is 3.78. The van der Waals surface area contributed by atoms with Gasteiger partial charge in [-0.25, -0.2) is 0 Å². The van der Waals surface area contributed by atoms with Crippen LogP contribution < -0.4 is 15.8 Å². The van der Waals surface area contributed by atoms with Crippen LogP contribution in [0.15, 0.2) is 54.6 Å². The third kappa shape index (κ3) is 5.33. The molecule has 4 N–H and O–H groups in total. The Kier molecular flexibility index (Phi) is 6.70. The monoisotopic (exact) mass is 382 g/mol. The van der Waals surface area contributed by atoms with Crippen LogP contribution in [-0.2, 0) is 11.4 Å². The summed E-state index contributed by atoms with van der Waals surface area (Å²) in [5.74, 6) is 0.419. The molecule has 3 rings (SSSR count). The zero-order valence-corrected chi connectivity index (χ0v) is 16.4. The first-order valence-corrected chi connectivity index (χ1v) is 9.97.